The maximum absolute atomic E-state index is 12.1. The van der Waals surface area contributed by atoms with Crippen LogP contribution in [0.4, 0.5) is 18.9 Å². The number of hydrogen-bond acceptors (Lipinski definition) is 4. The number of anilines is 1. The van der Waals surface area contributed by atoms with Gasteiger partial charge in [-0.05, 0) is 48.0 Å². The average molecular weight is 370 g/mol. The number of rotatable bonds is 5. The number of alkyl halides is 3. The molecule has 0 aliphatic rings. The van der Waals surface area contributed by atoms with Gasteiger partial charge in [0.15, 0.2) is 0 Å². The third-order valence-corrected chi connectivity index (χ3v) is 3.25. The zero-order valence-electron chi connectivity index (χ0n) is 11.7. The number of carbonyl (C=O) groups is 1. The Balaban J connectivity index is 2.75. The second-order valence-corrected chi connectivity index (χ2v) is 5.78. The molecule has 0 unspecified atom stereocenters. The molecule has 0 amide bonds. The fourth-order valence-corrected chi connectivity index (χ4v) is 1.95. The van der Waals surface area contributed by atoms with Gasteiger partial charge in [-0.25, -0.2) is 0 Å². The second kappa shape index (κ2) is 6.55. The van der Waals surface area contributed by atoms with Crippen molar-refractivity contribution in [3.63, 3.8) is 0 Å². The Morgan fingerprint density at radius 3 is 2.43 bits per heavy atom. The van der Waals surface area contributed by atoms with Crippen LogP contribution in [-0.2, 0) is 9.53 Å². The number of hydrogen-bond donors (Lipinski definition) is 1. The predicted molar refractivity (Wildman–Crippen MR) is 75.1 cm³/mol. The number of esters is 1. The Morgan fingerprint density at radius 1 is 1.33 bits per heavy atom. The van der Waals surface area contributed by atoms with Gasteiger partial charge in [-0.2, -0.15) is 0 Å². The quantitative estimate of drug-likeness (QED) is 0.798. The topological polar surface area (TPSA) is 47.6 Å². The minimum absolute atomic E-state index is 0.153. The van der Waals surface area contributed by atoms with Gasteiger partial charge < -0.3 is 14.8 Å². The summed E-state index contributed by atoms with van der Waals surface area (Å²) in [6.07, 6.45) is -4.75. The van der Waals surface area contributed by atoms with Crippen molar-refractivity contribution in [3.05, 3.63) is 22.7 Å². The van der Waals surface area contributed by atoms with Crippen LogP contribution < -0.4 is 10.1 Å². The van der Waals surface area contributed by atoms with Gasteiger partial charge in [-0.15, -0.1) is 13.2 Å². The average Bonchev–Trinajstić information content (AvgIpc) is 2.37. The fraction of sp³-hybridized carbons (Fsp3) is 0.462. The van der Waals surface area contributed by atoms with Crippen molar-refractivity contribution < 1.29 is 27.4 Å². The molecule has 1 N–H and O–H groups in total. The lowest BCUT2D eigenvalue weighted by molar-refractivity contribution is -0.274. The molecule has 1 rings (SSSR count). The van der Waals surface area contributed by atoms with E-state index in [1.54, 1.807) is 13.8 Å². The van der Waals surface area contributed by atoms with E-state index in [1.165, 1.54) is 25.3 Å². The molecule has 0 saturated carbocycles. The van der Waals surface area contributed by atoms with Gasteiger partial charge in [0, 0.05) is 12.2 Å². The molecule has 8 heteroatoms. The molecule has 0 bridgehead atoms. The molecule has 1 aromatic carbocycles. The number of ether oxygens (including phenoxy) is 2. The third-order valence-electron chi connectivity index (χ3n) is 2.63. The fourth-order valence-electron chi connectivity index (χ4n) is 1.49. The first kappa shape index (κ1) is 17.6. The van der Waals surface area contributed by atoms with Gasteiger partial charge in [-0.3, -0.25) is 4.79 Å². The van der Waals surface area contributed by atoms with E-state index in [0.717, 1.165) is 0 Å². The minimum atomic E-state index is -4.75. The first-order valence-electron chi connectivity index (χ1n) is 5.93. The lowest BCUT2D eigenvalue weighted by atomic mass is 9.93. The highest BCUT2D eigenvalue weighted by Crippen LogP contribution is 2.32. The lowest BCUT2D eigenvalue weighted by Crippen LogP contribution is -2.33. The monoisotopic (exact) mass is 369 g/mol. The van der Waals surface area contributed by atoms with Gasteiger partial charge >= 0.3 is 12.3 Å². The van der Waals surface area contributed by atoms with Crippen LogP contribution in [0, 0.1) is 5.41 Å². The second-order valence-electron chi connectivity index (χ2n) is 4.92. The van der Waals surface area contributed by atoms with Gasteiger partial charge in [0.2, 0.25) is 0 Å². The Morgan fingerprint density at radius 2 is 1.95 bits per heavy atom. The van der Waals surface area contributed by atoms with Crippen molar-refractivity contribution in [1.82, 2.24) is 0 Å². The van der Waals surface area contributed by atoms with Crippen molar-refractivity contribution in [2.24, 2.45) is 5.41 Å². The van der Waals surface area contributed by atoms with Crippen LogP contribution in [0.5, 0.6) is 5.75 Å². The summed E-state index contributed by atoms with van der Waals surface area (Å²) in [5.74, 6) is -0.716. The molecule has 1 aromatic rings. The number of nitrogens with one attached hydrogen (secondary N) is 1. The summed E-state index contributed by atoms with van der Waals surface area (Å²) < 4.78 is 45.1. The lowest BCUT2D eigenvalue weighted by Gasteiger charge is -2.22. The van der Waals surface area contributed by atoms with Gasteiger partial charge in [0.1, 0.15) is 5.75 Å². The van der Waals surface area contributed by atoms with E-state index < -0.39 is 11.8 Å². The molecule has 0 spiro atoms. The highest BCUT2D eigenvalue weighted by Gasteiger charge is 2.32. The van der Waals surface area contributed by atoms with Crippen molar-refractivity contribution >= 4 is 27.6 Å². The SMILES string of the molecule is COC(=O)C(C)(C)CNc1ccc(OC(F)(F)F)c(Br)c1. The van der Waals surface area contributed by atoms with Crippen molar-refractivity contribution in [1.29, 1.82) is 0 Å². The summed E-state index contributed by atoms with van der Waals surface area (Å²) in [5.41, 5.74) is -0.212. The maximum atomic E-state index is 12.1. The van der Waals surface area contributed by atoms with E-state index in [-0.39, 0.29) is 22.7 Å². The molecule has 0 atom stereocenters. The summed E-state index contributed by atoms with van der Waals surface area (Å²) in [6.45, 7) is 3.66. The smallest absolute Gasteiger partial charge is 0.469 e. The molecule has 21 heavy (non-hydrogen) atoms. The summed E-state index contributed by atoms with van der Waals surface area (Å²) in [7, 11) is 1.30. The van der Waals surface area contributed by atoms with Gasteiger partial charge in [0.25, 0.3) is 0 Å². The number of benzene rings is 1. The molecular weight excluding hydrogens is 355 g/mol. The summed E-state index contributed by atoms with van der Waals surface area (Å²) in [4.78, 5) is 11.5. The molecule has 0 radical (unpaired) electrons. The highest BCUT2D eigenvalue weighted by atomic mass is 79.9. The van der Waals surface area contributed by atoms with Crippen LogP contribution in [0.15, 0.2) is 22.7 Å². The Labute approximate surface area is 128 Å². The van der Waals surface area contributed by atoms with E-state index in [1.807, 2.05) is 0 Å². The molecule has 118 valence electrons. The summed E-state index contributed by atoms with van der Waals surface area (Å²) >= 11 is 3.01. The molecule has 0 aromatic heterocycles. The largest absolute Gasteiger partial charge is 0.573 e. The van der Waals surface area contributed by atoms with Crippen LogP contribution in [0.25, 0.3) is 0 Å². The molecular formula is C13H15BrF3NO3. The maximum Gasteiger partial charge on any atom is 0.573 e. The van der Waals surface area contributed by atoms with Gasteiger partial charge in [-0.1, -0.05) is 0 Å². The van der Waals surface area contributed by atoms with Crippen molar-refractivity contribution in [2.45, 2.75) is 20.2 Å². The minimum Gasteiger partial charge on any atom is -0.469 e. The van der Waals surface area contributed by atoms with Crippen LogP contribution >= 0.6 is 15.9 Å². The van der Waals surface area contributed by atoms with E-state index >= 15 is 0 Å². The molecule has 0 aliphatic carbocycles. The molecule has 0 heterocycles. The van der Waals surface area contributed by atoms with Crippen LogP contribution in [0.1, 0.15) is 13.8 Å². The highest BCUT2D eigenvalue weighted by molar-refractivity contribution is 9.10. The first-order valence-corrected chi connectivity index (χ1v) is 6.72. The first-order chi connectivity index (χ1) is 9.55. The zero-order chi connectivity index (χ0) is 16.3. The third kappa shape index (κ3) is 5.45. The van der Waals surface area contributed by atoms with E-state index in [0.29, 0.717) is 5.69 Å². The molecule has 4 nitrogen and oxygen atoms in total. The Bertz CT molecular complexity index is 518. The normalized spacial score (nSPS) is 12.0. The predicted octanol–water partition coefficient (Wildman–Crippen LogP) is 3.96. The van der Waals surface area contributed by atoms with Crippen molar-refractivity contribution in [3.8, 4) is 5.75 Å². The van der Waals surface area contributed by atoms with Gasteiger partial charge in [0.05, 0.1) is 17.0 Å². The van der Waals surface area contributed by atoms with Crippen LogP contribution in [0.2, 0.25) is 0 Å². The Kier molecular flexibility index (Phi) is 5.49. The van der Waals surface area contributed by atoms with Crippen molar-refractivity contribution in [2.75, 3.05) is 19.0 Å². The Hall–Kier alpha value is -1.44. The van der Waals surface area contributed by atoms with E-state index in [9.17, 15) is 18.0 Å². The zero-order valence-corrected chi connectivity index (χ0v) is 13.3. The summed E-state index contributed by atoms with van der Waals surface area (Å²) in [6, 6.07) is 4.05. The molecule has 0 saturated heterocycles. The summed E-state index contributed by atoms with van der Waals surface area (Å²) in [5, 5.41) is 2.96. The standard InChI is InChI=1S/C13H15BrF3NO3/c1-12(2,11(19)20-3)7-18-8-4-5-10(9(14)6-8)21-13(15,16)17/h4-6,18H,7H2,1-3H3. The van der Waals surface area contributed by atoms with E-state index in [4.69, 9.17) is 0 Å². The molecule has 0 fully saturated rings. The number of halogens is 4. The van der Waals surface area contributed by atoms with E-state index in [2.05, 4.69) is 30.7 Å². The number of carbonyl (C=O) groups excluding carboxylic acids is 1. The number of methoxy groups -OCH3 is 1. The van der Waals surface area contributed by atoms with Crippen LogP contribution in [0.3, 0.4) is 0 Å². The van der Waals surface area contributed by atoms with Crippen LogP contribution in [-0.4, -0.2) is 26.0 Å². The molecule has 0 aliphatic heterocycles.